The molecule has 0 radical (unpaired) electrons. The van der Waals surface area contributed by atoms with E-state index in [4.69, 9.17) is 4.74 Å². The van der Waals surface area contributed by atoms with Gasteiger partial charge in [0.1, 0.15) is 18.0 Å². The fourth-order valence-corrected chi connectivity index (χ4v) is 5.16. The zero-order valence-corrected chi connectivity index (χ0v) is 21.4. The van der Waals surface area contributed by atoms with E-state index in [0.717, 1.165) is 35.8 Å². The third-order valence-electron chi connectivity index (χ3n) is 6.13. The molecule has 1 fully saturated rings. The van der Waals surface area contributed by atoms with Gasteiger partial charge >= 0.3 is 0 Å². The van der Waals surface area contributed by atoms with Crippen molar-refractivity contribution in [3.05, 3.63) is 90.0 Å². The molecule has 190 valence electrons. The summed E-state index contributed by atoms with van der Waals surface area (Å²) in [6.07, 6.45) is 4.89. The molecule has 4 rings (SSSR count). The summed E-state index contributed by atoms with van der Waals surface area (Å²) < 4.78 is 31.8. The number of anilines is 1. The van der Waals surface area contributed by atoms with E-state index in [1.165, 1.54) is 24.8 Å². The molecule has 7 nitrogen and oxygen atoms in total. The largest absolute Gasteiger partial charge is 0.457 e. The third-order valence-corrected chi connectivity index (χ3v) is 7.27. The van der Waals surface area contributed by atoms with Crippen LogP contribution in [0.2, 0.25) is 0 Å². The fraction of sp³-hybridized carbons (Fsp3) is 0.321. The lowest BCUT2D eigenvalue weighted by Gasteiger charge is -2.26. The SMILES string of the molecule is CS(=O)(=O)N(CC(=O)NCc1cccc(CN2CCCCC2)c1)c1ccc(Oc2ccccc2)cc1. The van der Waals surface area contributed by atoms with Gasteiger partial charge in [0, 0.05) is 13.1 Å². The Morgan fingerprint density at radius 1 is 0.889 bits per heavy atom. The van der Waals surface area contributed by atoms with Crippen molar-refractivity contribution in [2.24, 2.45) is 0 Å². The first-order chi connectivity index (χ1) is 17.4. The van der Waals surface area contributed by atoms with Crippen LogP contribution in [0, 0.1) is 0 Å². The maximum absolute atomic E-state index is 12.7. The van der Waals surface area contributed by atoms with Crippen LogP contribution in [0.5, 0.6) is 11.5 Å². The number of sulfonamides is 1. The van der Waals surface area contributed by atoms with Gasteiger partial charge in [-0.1, -0.05) is 48.9 Å². The predicted molar refractivity (Wildman–Crippen MR) is 143 cm³/mol. The topological polar surface area (TPSA) is 79.0 Å². The van der Waals surface area contributed by atoms with Gasteiger partial charge in [-0.05, 0) is 73.5 Å². The number of piperidine rings is 1. The minimum Gasteiger partial charge on any atom is -0.457 e. The molecule has 1 saturated heterocycles. The molecule has 0 bridgehead atoms. The van der Waals surface area contributed by atoms with Crippen molar-refractivity contribution in [1.82, 2.24) is 10.2 Å². The molecule has 8 heteroatoms. The Morgan fingerprint density at radius 3 is 2.25 bits per heavy atom. The summed E-state index contributed by atoms with van der Waals surface area (Å²) in [7, 11) is -3.66. The number of amides is 1. The molecule has 0 aromatic heterocycles. The first-order valence-corrected chi connectivity index (χ1v) is 14.1. The van der Waals surface area contributed by atoms with Gasteiger partial charge in [0.25, 0.3) is 0 Å². The van der Waals surface area contributed by atoms with E-state index in [9.17, 15) is 13.2 Å². The van der Waals surface area contributed by atoms with Crippen molar-refractivity contribution in [1.29, 1.82) is 0 Å². The Labute approximate surface area is 213 Å². The molecular weight excluding hydrogens is 474 g/mol. The van der Waals surface area contributed by atoms with E-state index in [-0.39, 0.29) is 12.5 Å². The van der Waals surface area contributed by atoms with Gasteiger partial charge < -0.3 is 10.1 Å². The van der Waals surface area contributed by atoms with Crippen LogP contribution in [0.3, 0.4) is 0 Å². The number of carbonyl (C=O) groups excluding carboxylic acids is 1. The molecule has 0 atom stereocenters. The maximum Gasteiger partial charge on any atom is 0.241 e. The summed E-state index contributed by atoms with van der Waals surface area (Å²) in [6.45, 7) is 3.20. The molecule has 0 saturated carbocycles. The van der Waals surface area contributed by atoms with E-state index < -0.39 is 10.0 Å². The van der Waals surface area contributed by atoms with Crippen LogP contribution < -0.4 is 14.4 Å². The molecule has 0 aliphatic carbocycles. The van der Waals surface area contributed by atoms with Gasteiger partial charge in [-0.3, -0.25) is 14.0 Å². The lowest BCUT2D eigenvalue weighted by atomic mass is 10.1. The number of hydrogen-bond donors (Lipinski definition) is 1. The van der Waals surface area contributed by atoms with E-state index in [2.05, 4.69) is 22.3 Å². The van der Waals surface area contributed by atoms with E-state index in [0.29, 0.717) is 23.7 Å². The van der Waals surface area contributed by atoms with Gasteiger partial charge in [0.15, 0.2) is 0 Å². The number of rotatable bonds is 10. The van der Waals surface area contributed by atoms with Crippen molar-refractivity contribution in [2.45, 2.75) is 32.4 Å². The molecule has 3 aromatic carbocycles. The van der Waals surface area contributed by atoms with Crippen LogP contribution in [0.1, 0.15) is 30.4 Å². The molecule has 0 spiro atoms. The number of nitrogens with one attached hydrogen (secondary N) is 1. The molecule has 0 unspecified atom stereocenters. The van der Waals surface area contributed by atoms with Crippen LogP contribution in [0.25, 0.3) is 0 Å². The normalized spacial score (nSPS) is 14.2. The van der Waals surface area contributed by atoms with Gasteiger partial charge in [-0.15, -0.1) is 0 Å². The molecule has 1 aliphatic rings. The Hall–Kier alpha value is -3.36. The summed E-state index contributed by atoms with van der Waals surface area (Å²) in [6, 6.07) is 24.2. The highest BCUT2D eigenvalue weighted by Gasteiger charge is 2.21. The van der Waals surface area contributed by atoms with Gasteiger partial charge in [0.2, 0.25) is 15.9 Å². The monoisotopic (exact) mass is 507 g/mol. The average Bonchev–Trinajstić information content (AvgIpc) is 2.87. The van der Waals surface area contributed by atoms with Crippen LogP contribution in [0.15, 0.2) is 78.9 Å². The Balaban J connectivity index is 1.35. The van der Waals surface area contributed by atoms with Crippen LogP contribution >= 0.6 is 0 Å². The van der Waals surface area contributed by atoms with Gasteiger partial charge in [-0.2, -0.15) is 0 Å². The second-order valence-corrected chi connectivity index (χ2v) is 11.0. The molecular formula is C28H33N3O4S. The smallest absolute Gasteiger partial charge is 0.241 e. The Bertz CT molecular complexity index is 1240. The van der Waals surface area contributed by atoms with Crippen molar-refractivity contribution < 1.29 is 17.9 Å². The minimum absolute atomic E-state index is 0.300. The number of ether oxygens (including phenoxy) is 1. The lowest BCUT2D eigenvalue weighted by Crippen LogP contribution is -2.40. The molecule has 1 amide bonds. The maximum atomic E-state index is 12.7. The summed E-state index contributed by atoms with van der Waals surface area (Å²) in [5.41, 5.74) is 2.61. The number of hydrogen-bond acceptors (Lipinski definition) is 5. The van der Waals surface area contributed by atoms with E-state index in [1.54, 1.807) is 24.3 Å². The quantitative estimate of drug-likeness (QED) is 0.436. The average molecular weight is 508 g/mol. The van der Waals surface area contributed by atoms with Crippen molar-refractivity contribution in [3.8, 4) is 11.5 Å². The summed E-state index contributed by atoms with van der Waals surface area (Å²) in [5.74, 6) is 0.892. The fourth-order valence-electron chi connectivity index (χ4n) is 4.31. The third kappa shape index (κ3) is 7.57. The molecule has 1 heterocycles. The van der Waals surface area contributed by atoms with E-state index in [1.807, 2.05) is 42.5 Å². The van der Waals surface area contributed by atoms with Crippen molar-refractivity contribution in [2.75, 3.05) is 30.2 Å². The first kappa shape index (κ1) is 25.7. The molecule has 36 heavy (non-hydrogen) atoms. The lowest BCUT2D eigenvalue weighted by molar-refractivity contribution is -0.119. The van der Waals surface area contributed by atoms with Crippen LogP contribution in [-0.4, -0.2) is 45.1 Å². The van der Waals surface area contributed by atoms with Gasteiger partial charge in [-0.25, -0.2) is 8.42 Å². The number of para-hydroxylation sites is 1. The molecule has 1 aliphatic heterocycles. The highest BCUT2D eigenvalue weighted by atomic mass is 32.2. The number of likely N-dealkylation sites (tertiary alicyclic amines) is 1. The number of nitrogens with zero attached hydrogens (tertiary/aromatic N) is 2. The minimum atomic E-state index is -3.66. The highest BCUT2D eigenvalue weighted by Crippen LogP contribution is 2.25. The second kappa shape index (κ2) is 12.1. The van der Waals surface area contributed by atoms with Crippen LogP contribution in [-0.2, 0) is 27.9 Å². The van der Waals surface area contributed by atoms with Crippen LogP contribution in [0.4, 0.5) is 5.69 Å². The number of carbonyl (C=O) groups is 1. The predicted octanol–water partition coefficient (Wildman–Crippen LogP) is 4.55. The first-order valence-electron chi connectivity index (χ1n) is 12.2. The summed E-state index contributed by atoms with van der Waals surface area (Å²) >= 11 is 0. The zero-order valence-electron chi connectivity index (χ0n) is 20.6. The Kier molecular flexibility index (Phi) is 8.61. The number of benzene rings is 3. The van der Waals surface area contributed by atoms with E-state index >= 15 is 0 Å². The standard InChI is InChI=1S/C28H33N3O4S/c1-36(33,34)31(25-13-15-27(16-14-25)35-26-11-4-2-5-12-26)22-28(32)29-20-23-9-8-10-24(19-23)21-30-17-6-3-7-18-30/h2,4-5,8-16,19H,3,6-7,17-18,20-22H2,1H3,(H,29,32). The molecule has 3 aromatic rings. The second-order valence-electron chi connectivity index (χ2n) is 9.11. The van der Waals surface area contributed by atoms with Crippen molar-refractivity contribution in [3.63, 3.8) is 0 Å². The van der Waals surface area contributed by atoms with Gasteiger partial charge in [0.05, 0.1) is 11.9 Å². The van der Waals surface area contributed by atoms with Crippen molar-refractivity contribution >= 4 is 21.6 Å². The summed E-state index contributed by atoms with van der Waals surface area (Å²) in [4.78, 5) is 15.2. The molecule has 1 N–H and O–H groups in total. The zero-order chi connectivity index (χ0) is 25.4. The summed E-state index contributed by atoms with van der Waals surface area (Å²) in [5, 5.41) is 2.86. The Morgan fingerprint density at radius 2 is 1.56 bits per heavy atom. The highest BCUT2D eigenvalue weighted by molar-refractivity contribution is 7.92.